The average molecular weight is 330 g/mol. The molecule has 1 N–H and O–H groups in total. The highest BCUT2D eigenvalue weighted by molar-refractivity contribution is 6.35. The number of hydrogen-bond acceptors (Lipinski definition) is 3. The SMILES string of the molecule is CCCN1CCN(CC(=O)Nc2cc(Cl)ccc2Cl)CC1. The third kappa shape index (κ3) is 5.15. The number of rotatable bonds is 5. The first-order valence-electron chi connectivity index (χ1n) is 7.28. The fourth-order valence-corrected chi connectivity index (χ4v) is 2.81. The molecule has 0 saturated carbocycles. The number of carbonyl (C=O) groups is 1. The van der Waals surface area contributed by atoms with Gasteiger partial charge in [-0.2, -0.15) is 0 Å². The molecule has 0 unspecified atom stereocenters. The van der Waals surface area contributed by atoms with Crippen LogP contribution in [0.4, 0.5) is 5.69 Å². The summed E-state index contributed by atoms with van der Waals surface area (Å²) in [6.45, 7) is 7.63. The van der Waals surface area contributed by atoms with Crippen LogP contribution in [-0.2, 0) is 4.79 Å². The van der Waals surface area contributed by atoms with Crippen molar-refractivity contribution in [1.82, 2.24) is 9.80 Å². The molecule has 21 heavy (non-hydrogen) atoms. The molecule has 1 aromatic rings. The minimum absolute atomic E-state index is 0.0527. The van der Waals surface area contributed by atoms with Crippen molar-refractivity contribution in [1.29, 1.82) is 0 Å². The van der Waals surface area contributed by atoms with Crippen molar-refractivity contribution in [2.24, 2.45) is 0 Å². The fraction of sp³-hybridized carbons (Fsp3) is 0.533. The van der Waals surface area contributed by atoms with Gasteiger partial charge >= 0.3 is 0 Å². The van der Waals surface area contributed by atoms with Crippen LogP contribution >= 0.6 is 23.2 Å². The molecule has 2 rings (SSSR count). The number of amides is 1. The number of benzene rings is 1. The zero-order valence-corrected chi connectivity index (χ0v) is 13.8. The van der Waals surface area contributed by atoms with Crippen molar-refractivity contribution >= 4 is 34.8 Å². The van der Waals surface area contributed by atoms with E-state index in [0.29, 0.717) is 22.3 Å². The van der Waals surface area contributed by atoms with Crippen LogP contribution < -0.4 is 5.32 Å². The number of hydrogen-bond donors (Lipinski definition) is 1. The number of carbonyl (C=O) groups excluding carboxylic acids is 1. The first-order chi connectivity index (χ1) is 10.1. The van der Waals surface area contributed by atoms with Crippen LogP contribution in [0.1, 0.15) is 13.3 Å². The van der Waals surface area contributed by atoms with Crippen molar-refractivity contribution in [2.75, 3.05) is 44.6 Å². The average Bonchev–Trinajstić information content (AvgIpc) is 2.45. The highest BCUT2D eigenvalue weighted by Crippen LogP contribution is 2.25. The van der Waals surface area contributed by atoms with Crippen LogP contribution in [0.2, 0.25) is 10.0 Å². The van der Waals surface area contributed by atoms with Gasteiger partial charge in [-0.25, -0.2) is 0 Å². The van der Waals surface area contributed by atoms with Crippen LogP contribution in [0, 0.1) is 0 Å². The van der Waals surface area contributed by atoms with E-state index in [1.807, 2.05) is 0 Å². The lowest BCUT2D eigenvalue weighted by Crippen LogP contribution is -2.48. The van der Waals surface area contributed by atoms with E-state index in [-0.39, 0.29) is 5.91 Å². The lowest BCUT2D eigenvalue weighted by Gasteiger charge is -2.34. The van der Waals surface area contributed by atoms with E-state index in [0.717, 1.165) is 32.7 Å². The van der Waals surface area contributed by atoms with Crippen LogP contribution in [0.5, 0.6) is 0 Å². The molecule has 1 aliphatic heterocycles. The van der Waals surface area contributed by atoms with Gasteiger partial charge in [0.25, 0.3) is 0 Å². The van der Waals surface area contributed by atoms with Crippen LogP contribution in [0.15, 0.2) is 18.2 Å². The Morgan fingerprint density at radius 2 is 1.86 bits per heavy atom. The van der Waals surface area contributed by atoms with E-state index in [9.17, 15) is 4.79 Å². The molecule has 1 fully saturated rings. The Kier molecular flexibility index (Phi) is 6.30. The van der Waals surface area contributed by atoms with Gasteiger partial charge in [0, 0.05) is 31.2 Å². The fourth-order valence-electron chi connectivity index (χ4n) is 2.47. The lowest BCUT2D eigenvalue weighted by molar-refractivity contribution is -0.117. The molecule has 4 nitrogen and oxygen atoms in total. The Bertz CT molecular complexity index is 488. The number of piperazine rings is 1. The third-order valence-corrected chi connectivity index (χ3v) is 4.14. The van der Waals surface area contributed by atoms with Crippen LogP contribution in [0.25, 0.3) is 0 Å². The van der Waals surface area contributed by atoms with Gasteiger partial charge in [-0.05, 0) is 31.2 Å². The summed E-state index contributed by atoms with van der Waals surface area (Å²) < 4.78 is 0. The summed E-state index contributed by atoms with van der Waals surface area (Å²) in [7, 11) is 0. The van der Waals surface area contributed by atoms with Gasteiger partial charge in [0.1, 0.15) is 0 Å². The maximum Gasteiger partial charge on any atom is 0.238 e. The minimum Gasteiger partial charge on any atom is -0.324 e. The summed E-state index contributed by atoms with van der Waals surface area (Å²) in [6, 6.07) is 5.05. The minimum atomic E-state index is -0.0527. The second kappa shape index (κ2) is 7.99. The van der Waals surface area contributed by atoms with Crippen molar-refractivity contribution in [3.05, 3.63) is 28.2 Å². The van der Waals surface area contributed by atoms with Gasteiger partial charge in [0.15, 0.2) is 0 Å². The van der Waals surface area contributed by atoms with E-state index in [1.165, 1.54) is 6.42 Å². The van der Waals surface area contributed by atoms with Gasteiger partial charge in [-0.1, -0.05) is 30.1 Å². The zero-order chi connectivity index (χ0) is 15.2. The molecule has 0 bridgehead atoms. The maximum absolute atomic E-state index is 12.1. The van der Waals surface area contributed by atoms with Gasteiger partial charge in [0.05, 0.1) is 17.3 Å². The van der Waals surface area contributed by atoms with Crippen molar-refractivity contribution < 1.29 is 4.79 Å². The molecule has 0 aliphatic carbocycles. The van der Waals surface area contributed by atoms with Gasteiger partial charge in [-0.3, -0.25) is 9.69 Å². The van der Waals surface area contributed by atoms with Gasteiger partial charge in [-0.15, -0.1) is 0 Å². The van der Waals surface area contributed by atoms with Gasteiger partial charge < -0.3 is 10.2 Å². The first kappa shape index (κ1) is 16.6. The Labute approximate surface area is 136 Å². The van der Waals surface area contributed by atoms with Crippen molar-refractivity contribution in [3.63, 3.8) is 0 Å². The second-order valence-electron chi connectivity index (χ2n) is 5.29. The maximum atomic E-state index is 12.1. The van der Waals surface area contributed by atoms with Crippen molar-refractivity contribution in [3.8, 4) is 0 Å². The number of nitrogens with zero attached hydrogens (tertiary/aromatic N) is 2. The third-order valence-electron chi connectivity index (χ3n) is 3.57. The summed E-state index contributed by atoms with van der Waals surface area (Å²) in [4.78, 5) is 16.7. The predicted molar refractivity (Wildman–Crippen MR) is 88.3 cm³/mol. The quantitative estimate of drug-likeness (QED) is 0.902. The molecular weight excluding hydrogens is 309 g/mol. The molecule has 0 atom stereocenters. The van der Waals surface area contributed by atoms with E-state index in [4.69, 9.17) is 23.2 Å². The largest absolute Gasteiger partial charge is 0.324 e. The standard InChI is InChI=1S/C15H21Cl2N3O/c1-2-5-19-6-8-20(9-7-19)11-15(21)18-14-10-12(16)3-4-13(14)17/h3-4,10H,2,5-9,11H2,1H3,(H,18,21). The Hall–Kier alpha value is -0.810. The monoisotopic (exact) mass is 329 g/mol. The summed E-state index contributed by atoms with van der Waals surface area (Å²) in [5.41, 5.74) is 0.568. The molecule has 116 valence electrons. The van der Waals surface area contributed by atoms with E-state index in [1.54, 1.807) is 18.2 Å². The normalized spacial score (nSPS) is 16.9. The Morgan fingerprint density at radius 3 is 2.52 bits per heavy atom. The number of nitrogens with one attached hydrogen (secondary N) is 1. The summed E-state index contributed by atoms with van der Waals surface area (Å²) in [5, 5.41) is 3.88. The molecule has 0 aromatic heterocycles. The molecule has 1 saturated heterocycles. The molecule has 0 radical (unpaired) electrons. The number of anilines is 1. The first-order valence-corrected chi connectivity index (χ1v) is 8.03. The Balaban J connectivity index is 1.81. The van der Waals surface area contributed by atoms with E-state index >= 15 is 0 Å². The molecule has 1 heterocycles. The lowest BCUT2D eigenvalue weighted by atomic mass is 10.3. The summed E-state index contributed by atoms with van der Waals surface area (Å²) in [6.07, 6.45) is 1.17. The molecule has 1 aliphatic rings. The molecule has 6 heteroatoms. The summed E-state index contributed by atoms with van der Waals surface area (Å²) >= 11 is 12.0. The Morgan fingerprint density at radius 1 is 1.19 bits per heavy atom. The predicted octanol–water partition coefficient (Wildman–Crippen LogP) is 2.96. The summed E-state index contributed by atoms with van der Waals surface area (Å²) in [5.74, 6) is -0.0527. The molecule has 1 aromatic carbocycles. The van der Waals surface area contributed by atoms with E-state index < -0.39 is 0 Å². The van der Waals surface area contributed by atoms with Crippen LogP contribution in [0.3, 0.4) is 0 Å². The highest BCUT2D eigenvalue weighted by Gasteiger charge is 2.18. The number of halogens is 2. The molecule has 1 amide bonds. The second-order valence-corrected chi connectivity index (χ2v) is 6.13. The van der Waals surface area contributed by atoms with Crippen molar-refractivity contribution in [2.45, 2.75) is 13.3 Å². The smallest absolute Gasteiger partial charge is 0.238 e. The van der Waals surface area contributed by atoms with E-state index in [2.05, 4.69) is 22.0 Å². The molecule has 0 spiro atoms. The molecular formula is C15H21Cl2N3O. The zero-order valence-electron chi connectivity index (χ0n) is 12.2. The highest BCUT2D eigenvalue weighted by atomic mass is 35.5. The van der Waals surface area contributed by atoms with Gasteiger partial charge in [0.2, 0.25) is 5.91 Å². The topological polar surface area (TPSA) is 35.6 Å². The van der Waals surface area contributed by atoms with Crippen LogP contribution in [-0.4, -0.2) is 55.0 Å².